The van der Waals surface area contributed by atoms with Gasteiger partial charge in [-0.25, -0.2) is 0 Å². The van der Waals surface area contributed by atoms with E-state index in [2.05, 4.69) is 42.7 Å². The van der Waals surface area contributed by atoms with Crippen molar-refractivity contribution in [2.24, 2.45) is 5.92 Å². The molecule has 0 spiro atoms. The molecule has 2 nitrogen and oxygen atoms in total. The van der Waals surface area contributed by atoms with Crippen LogP contribution in [0.2, 0.25) is 0 Å². The van der Waals surface area contributed by atoms with Crippen LogP contribution in [0.3, 0.4) is 0 Å². The summed E-state index contributed by atoms with van der Waals surface area (Å²) in [5, 5.41) is 94.7. The largest absolute Gasteiger partial charge is 0.493 e. The molecule has 0 aliphatic rings. The van der Waals surface area contributed by atoms with Crippen molar-refractivity contribution in [3.63, 3.8) is 0 Å². The lowest BCUT2D eigenvalue weighted by Gasteiger charge is -2.17. The number of unbranched alkanes of at least 4 members (excludes halogenated alkanes) is 1. The molecule has 33 aromatic rings. The van der Waals surface area contributed by atoms with Crippen molar-refractivity contribution < 1.29 is 4.74 Å². The summed E-state index contributed by atoms with van der Waals surface area (Å²) in [5.74, 6) is 1.61. The minimum absolute atomic E-state index is 0.585. The van der Waals surface area contributed by atoms with Gasteiger partial charge in [0.2, 0.25) is 0 Å². The highest BCUT2D eigenvalue weighted by atomic mass is 16.5. The fourth-order valence-electron chi connectivity index (χ4n) is 24.8. The second-order valence-electron chi connectivity index (χ2n) is 27.4. The molecule has 31 aromatic carbocycles. The van der Waals surface area contributed by atoms with Crippen molar-refractivity contribution in [2.75, 3.05) is 6.61 Å². The van der Waals surface area contributed by atoms with Crippen molar-refractivity contribution in [1.82, 2.24) is 4.57 Å². The molecule has 2 aromatic heterocycles. The molecule has 2 bridgehead atoms. The molecule has 33 rings (SSSR count). The van der Waals surface area contributed by atoms with E-state index in [1.54, 1.807) is 312 Å². The Balaban J connectivity index is 1.01. The summed E-state index contributed by atoms with van der Waals surface area (Å²) in [6.07, 6.45) is 4.91. The van der Waals surface area contributed by atoms with Gasteiger partial charge in [-0.05, 0) is 30.0 Å². The van der Waals surface area contributed by atoms with Gasteiger partial charge in [0.15, 0.2) is 0 Å². The van der Waals surface area contributed by atoms with Gasteiger partial charge in [0.25, 0.3) is 0 Å². The highest BCUT2D eigenvalue weighted by Gasteiger charge is 2.51. The molecule has 0 saturated heterocycles. The zero-order chi connectivity index (χ0) is 46.7. The number of nitrogens with zero attached hydrogens (tertiary/aromatic N) is 1. The highest BCUT2D eigenvalue weighted by molar-refractivity contribution is 6.84. The van der Waals surface area contributed by atoms with E-state index in [1.807, 2.05) is 0 Å². The quantitative estimate of drug-likeness (QED) is 0.132. The van der Waals surface area contributed by atoms with Crippen LogP contribution in [0.15, 0.2) is 24.3 Å². The van der Waals surface area contributed by atoms with E-state index < -0.39 is 0 Å². The Labute approximate surface area is 424 Å². The van der Waals surface area contributed by atoms with Crippen LogP contribution in [0, 0.1) is 5.92 Å². The molecule has 77 heavy (non-hydrogen) atoms. The minimum atomic E-state index is 0.585. The predicted octanol–water partition coefficient (Wildman–Crippen LogP) is 21.7. The van der Waals surface area contributed by atoms with E-state index in [0.717, 1.165) is 25.3 Å². The molecule has 2 heterocycles. The Kier molecular flexibility index (Phi) is 3.14. The second-order valence-corrected chi connectivity index (χ2v) is 27.4. The van der Waals surface area contributed by atoms with Gasteiger partial charge in [-0.2, -0.15) is 0 Å². The Morgan fingerprint density at radius 3 is 0.766 bits per heavy atom. The molecule has 0 aliphatic carbocycles. The highest BCUT2D eigenvalue weighted by Crippen LogP contribution is 2.80. The fourth-order valence-corrected chi connectivity index (χ4v) is 24.8. The third-order valence-corrected chi connectivity index (χ3v) is 26.0. The first-order valence-electron chi connectivity index (χ1n) is 29.3. The average Bonchev–Trinajstić information content (AvgIpc) is 2.35. The molecule has 1 atom stereocenters. The minimum Gasteiger partial charge on any atom is -0.493 e. The Bertz CT molecular complexity index is 7080. The van der Waals surface area contributed by atoms with Crippen LogP contribution < -0.4 is 4.74 Å². The normalized spacial score (nSPS) is 17.0. The number of hydrogen-bond donors (Lipinski definition) is 0. The summed E-state index contributed by atoms with van der Waals surface area (Å²) in [6.45, 7) is 6.27. The molecule has 0 aliphatic heterocycles. The monoisotopic (exact) mass is 953 g/mol. The lowest BCUT2D eigenvalue weighted by atomic mass is 9.88. The molecule has 0 saturated carbocycles. The van der Waals surface area contributed by atoms with Gasteiger partial charge in [-0.15, -0.1) is 0 Å². The molecule has 0 radical (unpaired) electrons. The van der Waals surface area contributed by atoms with Crippen LogP contribution >= 0.6 is 0 Å². The zero-order valence-electron chi connectivity index (χ0n) is 41.0. The second kappa shape index (κ2) is 7.76. The SMILES string of the molecule is CCCCC(CC)COc1cccc(Cn2c3c4c5c6c7c8c9c%10c%11c%12c%13c%14c%10c%10c8c6c6c8c%10c%14c%10c%14c%13c%13c%12c%12c%15c%11c9c9c%11c%15c%15c%12c%12c%13c%13c%14c%14c%10c8c(c64)c4c%14c6c%13c%12c8c%15c%10c%11c(c97)c5c3c%10c8c6c42)c1. The summed E-state index contributed by atoms with van der Waals surface area (Å²) in [7, 11) is 0. The van der Waals surface area contributed by atoms with Crippen LogP contribution in [0.4, 0.5) is 0 Å². The third-order valence-electron chi connectivity index (χ3n) is 26.0. The van der Waals surface area contributed by atoms with Crippen molar-refractivity contribution in [2.45, 2.75) is 46.1 Å². The molecule has 2 heteroatoms. The van der Waals surface area contributed by atoms with Gasteiger partial charge in [-0.1, -0.05) is 45.2 Å². The Morgan fingerprint density at radius 1 is 0.312 bits per heavy atom. The van der Waals surface area contributed by atoms with Crippen LogP contribution in [-0.2, 0) is 6.54 Å². The average molecular weight is 954 g/mol. The predicted molar refractivity (Wildman–Crippen MR) is 332 cm³/mol. The topological polar surface area (TPSA) is 14.2 Å². The lowest BCUT2D eigenvalue weighted by Crippen LogP contribution is -2.11. The summed E-state index contributed by atoms with van der Waals surface area (Å²) in [5.41, 5.74) is 4.41. The van der Waals surface area contributed by atoms with Crippen LogP contribution in [0.5, 0.6) is 5.75 Å². The van der Waals surface area contributed by atoms with Gasteiger partial charge >= 0.3 is 0 Å². The molecule has 334 valence electrons. The maximum atomic E-state index is 6.87. The first-order valence-corrected chi connectivity index (χ1v) is 29.3. The zero-order valence-corrected chi connectivity index (χ0v) is 41.0. The molecule has 1 unspecified atom stereocenters. The van der Waals surface area contributed by atoms with Gasteiger partial charge < -0.3 is 9.30 Å². The van der Waals surface area contributed by atoms with E-state index in [9.17, 15) is 0 Å². The molecule has 0 fully saturated rings. The maximum Gasteiger partial charge on any atom is 0.119 e. The molecular weight excluding hydrogens is 931 g/mol. The first kappa shape index (κ1) is 31.2. The number of hydrogen-bond acceptors (Lipinski definition) is 1. The summed E-state index contributed by atoms with van der Waals surface area (Å²) >= 11 is 0. The molecule has 0 amide bonds. The smallest absolute Gasteiger partial charge is 0.119 e. The maximum absolute atomic E-state index is 6.87. The van der Waals surface area contributed by atoms with Gasteiger partial charge in [0.05, 0.1) is 17.6 Å². The van der Waals surface area contributed by atoms with Crippen LogP contribution in [-0.4, -0.2) is 11.2 Å². The Hall–Kier alpha value is -8.98. The van der Waals surface area contributed by atoms with E-state index in [-0.39, 0.29) is 0 Å². The van der Waals surface area contributed by atoms with E-state index in [4.69, 9.17) is 4.74 Å². The summed E-state index contributed by atoms with van der Waals surface area (Å²) in [6, 6.07) is 9.41. The van der Waals surface area contributed by atoms with Crippen molar-refractivity contribution >= 4 is 323 Å². The summed E-state index contributed by atoms with van der Waals surface area (Å²) in [4.78, 5) is 0. The van der Waals surface area contributed by atoms with Crippen LogP contribution in [0.25, 0.3) is 323 Å². The van der Waals surface area contributed by atoms with Gasteiger partial charge in [0.1, 0.15) is 5.75 Å². The van der Waals surface area contributed by atoms with Crippen molar-refractivity contribution in [3.8, 4) is 5.75 Å². The summed E-state index contributed by atoms with van der Waals surface area (Å²) < 4.78 is 9.88. The van der Waals surface area contributed by atoms with Crippen molar-refractivity contribution in [1.29, 1.82) is 0 Å². The standard InChI is InChI=1S/C75H23NO/c1-3-5-7-13(4-2)12-77-15-9-6-8-14(10-15)11-76-74-70-62-54-44-34-26-18-16-17-20-24-22(18)30-38-32(24)42-36-28(20)29-21(17)25-23-19(16)27(26)35-41-31(23)39-33(25)43-37(29)47-46(36)56-50(42)60-52(38)58(48(54)40(30)34)66(70)68(60)72-64(56)65-57(47)51(43)61-53(39)59-49(41)55(45(35)44)63(62)71(74)67(59)69(61)73(65)75(72)76/h6,8-10,13H,3-5,7,11-12H2,1-2H3. The van der Waals surface area contributed by atoms with E-state index in [1.165, 1.54) is 35.9 Å². The molecule has 0 N–H and O–H groups in total. The fraction of sp³-hybridized carbons (Fsp3) is 0.120. The first-order chi connectivity index (χ1) is 38.3. The van der Waals surface area contributed by atoms with E-state index >= 15 is 0 Å². The molecular formula is C75H23NO. The van der Waals surface area contributed by atoms with Gasteiger partial charge in [-0.3, -0.25) is 0 Å². The third kappa shape index (κ3) is 1.96. The van der Waals surface area contributed by atoms with Gasteiger partial charge in [0, 0.05) is 319 Å². The Morgan fingerprint density at radius 2 is 0.545 bits per heavy atom. The number of benzene rings is 19. The number of ether oxygens (including phenoxy) is 1. The van der Waals surface area contributed by atoms with E-state index in [0.29, 0.717) is 5.92 Å². The van der Waals surface area contributed by atoms with Crippen molar-refractivity contribution in [3.05, 3.63) is 29.8 Å². The number of rotatable bonds is 9. The lowest BCUT2D eigenvalue weighted by molar-refractivity contribution is 0.233. The van der Waals surface area contributed by atoms with Crippen LogP contribution in [0.1, 0.15) is 45.1 Å². The number of aromatic nitrogens is 1.